The molecule has 1 aliphatic rings. The number of nitrogens with one attached hydrogen (secondary N) is 1. The fraction of sp³-hybridized carbons (Fsp3) is 0.263. The van der Waals surface area contributed by atoms with Gasteiger partial charge in [-0.15, -0.1) is 0 Å². The van der Waals surface area contributed by atoms with Crippen LogP contribution in [0.2, 0.25) is 0 Å². The zero-order valence-corrected chi connectivity index (χ0v) is 13.6. The lowest BCUT2D eigenvalue weighted by molar-refractivity contribution is 0.0303. The summed E-state index contributed by atoms with van der Waals surface area (Å²) in [5.41, 5.74) is 2.85. The number of aryl methyl sites for hydroxylation is 1. The number of rotatable bonds is 3. The number of amides is 2. The molecule has 1 heterocycles. The van der Waals surface area contributed by atoms with Crippen LogP contribution < -0.4 is 5.32 Å². The van der Waals surface area contributed by atoms with Gasteiger partial charge in [0.2, 0.25) is 0 Å². The molecule has 1 saturated heterocycles. The van der Waals surface area contributed by atoms with Crippen LogP contribution in [0.15, 0.2) is 48.5 Å². The second-order valence-electron chi connectivity index (χ2n) is 5.75. The van der Waals surface area contributed by atoms with Gasteiger partial charge in [0.1, 0.15) is 0 Å². The Morgan fingerprint density at radius 3 is 2.33 bits per heavy atom. The minimum absolute atomic E-state index is 0.00456. The minimum atomic E-state index is -0.152. The van der Waals surface area contributed by atoms with E-state index in [0.29, 0.717) is 43.1 Å². The van der Waals surface area contributed by atoms with Gasteiger partial charge in [-0.2, -0.15) is 0 Å². The number of carbonyl (C=O) groups excluding carboxylic acids is 2. The highest BCUT2D eigenvalue weighted by molar-refractivity contribution is 6.05. The average molecular weight is 324 g/mol. The van der Waals surface area contributed by atoms with Crippen LogP contribution in [0, 0.1) is 6.92 Å². The first kappa shape index (κ1) is 16.2. The largest absolute Gasteiger partial charge is 0.378 e. The van der Waals surface area contributed by atoms with Crippen molar-refractivity contribution in [2.24, 2.45) is 0 Å². The summed E-state index contributed by atoms with van der Waals surface area (Å²) in [6.45, 7) is 4.29. The predicted molar refractivity (Wildman–Crippen MR) is 92.3 cm³/mol. The normalized spacial score (nSPS) is 14.3. The summed E-state index contributed by atoms with van der Waals surface area (Å²) in [7, 11) is 0. The van der Waals surface area contributed by atoms with Crippen molar-refractivity contribution in [2.45, 2.75) is 6.92 Å². The molecule has 2 aromatic rings. The Hall–Kier alpha value is -2.66. The van der Waals surface area contributed by atoms with E-state index in [1.807, 2.05) is 25.1 Å². The maximum Gasteiger partial charge on any atom is 0.255 e. The molecular formula is C19H20N2O3. The Bertz CT molecular complexity index is 735. The Kier molecular flexibility index (Phi) is 4.91. The molecule has 0 spiro atoms. The van der Waals surface area contributed by atoms with Gasteiger partial charge >= 0.3 is 0 Å². The molecule has 2 amide bonds. The van der Waals surface area contributed by atoms with E-state index in [9.17, 15) is 9.59 Å². The molecule has 124 valence electrons. The Morgan fingerprint density at radius 1 is 1.00 bits per heavy atom. The van der Waals surface area contributed by atoms with Crippen molar-refractivity contribution in [3.63, 3.8) is 0 Å². The maximum atomic E-state index is 12.4. The van der Waals surface area contributed by atoms with Crippen molar-refractivity contribution in [3.8, 4) is 0 Å². The Morgan fingerprint density at radius 2 is 1.67 bits per heavy atom. The highest BCUT2D eigenvalue weighted by atomic mass is 16.5. The number of nitrogens with zero attached hydrogens (tertiary/aromatic N) is 1. The molecule has 0 atom stereocenters. The van der Waals surface area contributed by atoms with Gasteiger partial charge in [0.15, 0.2) is 0 Å². The molecule has 0 saturated carbocycles. The second-order valence-corrected chi connectivity index (χ2v) is 5.75. The van der Waals surface area contributed by atoms with Crippen LogP contribution in [0.1, 0.15) is 26.3 Å². The number of morpholine rings is 1. The highest BCUT2D eigenvalue weighted by Gasteiger charge is 2.18. The van der Waals surface area contributed by atoms with Crippen molar-refractivity contribution in [1.82, 2.24) is 4.90 Å². The monoisotopic (exact) mass is 324 g/mol. The van der Waals surface area contributed by atoms with Gasteiger partial charge in [0.05, 0.1) is 13.2 Å². The van der Waals surface area contributed by atoms with Crippen LogP contribution >= 0.6 is 0 Å². The molecule has 24 heavy (non-hydrogen) atoms. The minimum Gasteiger partial charge on any atom is -0.378 e. The van der Waals surface area contributed by atoms with E-state index in [1.165, 1.54) is 0 Å². The number of anilines is 1. The standard InChI is InChI=1S/C19H20N2O3/c1-14-4-2-3-5-17(14)18(22)20-16-8-6-15(7-9-16)19(23)21-10-12-24-13-11-21/h2-9H,10-13H2,1H3,(H,20,22). The summed E-state index contributed by atoms with van der Waals surface area (Å²) in [5, 5.41) is 2.86. The fourth-order valence-electron chi connectivity index (χ4n) is 2.67. The zero-order valence-electron chi connectivity index (χ0n) is 13.6. The number of benzene rings is 2. The summed E-state index contributed by atoms with van der Waals surface area (Å²) in [6, 6.07) is 14.4. The van der Waals surface area contributed by atoms with E-state index < -0.39 is 0 Å². The molecule has 5 heteroatoms. The zero-order chi connectivity index (χ0) is 16.9. The SMILES string of the molecule is Cc1ccccc1C(=O)Nc1ccc(C(=O)N2CCOCC2)cc1. The smallest absolute Gasteiger partial charge is 0.255 e. The molecule has 5 nitrogen and oxygen atoms in total. The van der Waals surface area contributed by atoms with Crippen LogP contribution in [-0.4, -0.2) is 43.0 Å². The topological polar surface area (TPSA) is 58.6 Å². The van der Waals surface area contributed by atoms with E-state index in [1.54, 1.807) is 35.2 Å². The van der Waals surface area contributed by atoms with Crippen molar-refractivity contribution < 1.29 is 14.3 Å². The average Bonchev–Trinajstić information content (AvgIpc) is 2.63. The van der Waals surface area contributed by atoms with Gasteiger partial charge in [0, 0.05) is 29.9 Å². The Balaban J connectivity index is 1.67. The van der Waals surface area contributed by atoms with Crippen molar-refractivity contribution in [1.29, 1.82) is 0 Å². The van der Waals surface area contributed by atoms with E-state index in [2.05, 4.69) is 5.32 Å². The molecule has 0 bridgehead atoms. The molecule has 1 fully saturated rings. The lowest BCUT2D eigenvalue weighted by Gasteiger charge is -2.26. The quantitative estimate of drug-likeness (QED) is 0.944. The summed E-state index contributed by atoms with van der Waals surface area (Å²) in [5.74, 6) is -0.157. The van der Waals surface area contributed by atoms with E-state index in [-0.39, 0.29) is 11.8 Å². The first-order valence-corrected chi connectivity index (χ1v) is 7.99. The first-order valence-electron chi connectivity index (χ1n) is 7.99. The molecule has 0 aromatic heterocycles. The number of hydrogen-bond donors (Lipinski definition) is 1. The maximum absolute atomic E-state index is 12.4. The van der Waals surface area contributed by atoms with Crippen LogP contribution in [0.25, 0.3) is 0 Å². The molecular weight excluding hydrogens is 304 g/mol. The summed E-state index contributed by atoms with van der Waals surface area (Å²) in [4.78, 5) is 26.5. The summed E-state index contributed by atoms with van der Waals surface area (Å²) >= 11 is 0. The number of hydrogen-bond acceptors (Lipinski definition) is 3. The number of carbonyl (C=O) groups is 2. The van der Waals surface area contributed by atoms with Crippen molar-refractivity contribution in [3.05, 3.63) is 65.2 Å². The van der Waals surface area contributed by atoms with Crippen molar-refractivity contribution in [2.75, 3.05) is 31.6 Å². The Labute approximate surface area is 141 Å². The van der Waals surface area contributed by atoms with Crippen LogP contribution in [-0.2, 0) is 4.74 Å². The lowest BCUT2D eigenvalue weighted by atomic mass is 10.1. The van der Waals surface area contributed by atoms with Crippen LogP contribution in [0.3, 0.4) is 0 Å². The summed E-state index contributed by atoms with van der Waals surface area (Å²) in [6.07, 6.45) is 0. The molecule has 2 aromatic carbocycles. The summed E-state index contributed by atoms with van der Waals surface area (Å²) < 4.78 is 5.26. The molecule has 0 aliphatic carbocycles. The third-order valence-corrected chi connectivity index (χ3v) is 4.08. The van der Waals surface area contributed by atoms with E-state index in [0.717, 1.165) is 5.56 Å². The predicted octanol–water partition coefficient (Wildman–Crippen LogP) is 2.72. The lowest BCUT2D eigenvalue weighted by Crippen LogP contribution is -2.40. The molecule has 0 unspecified atom stereocenters. The fourth-order valence-corrected chi connectivity index (χ4v) is 2.67. The molecule has 1 N–H and O–H groups in total. The molecule has 0 radical (unpaired) electrons. The third kappa shape index (κ3) is 3.63. The molecule has 3 rings (SSSR count). The van der Waals surface area contributed by atoms with Crippen molar-refractivity contribution >= 4 is 17.5 Å². The highest BCUT2D eigenvalue weighted by Crippen LogP contribution is 2.15. The van der Waals surface area contributed by atoms with Crippen LogP contribution in [0.4, 0.5) is 5.69 Å². The van der Waals surface area contributed by atoms with E-state index >= 15 is 0 Å². The van der Waals surface area contributed by atoms with Gasteiger partial charge in [-0.25, -0.2) is 0 Å². The third-order valence-electron chi connectivity index (χ3n) is 4.08. The molecule has 1 aliphatic heterocycles. The van der Waals surface area contributed by atoms with Crippen LogP contribution in [0.5, 0.6) is 0 Å². The van der Waals surface area contributed by atoms with Gasteiger partial charge in [-0.1, -0.05) is 18.2 Å². The van der Waals surface area contributed by atoms with Gasteiger partial charge in [-0.05, 0) is 42.8 Å². The van der Waals surface area contributed by atoms with E-state index in [4.69, 9.17) is 4.74 Å². The van der Waals surface area contributed by atoms with Gasteiger partial charge in [0.25, 0.3) is 11.8 Å². The second kappa shape index (κ2) is 7.27. The van der Waals surface area contributed by atoms with Gasteiger partial charge < -0.3 is 15.0 Å². The first-order chi connectivity index (χ1) is 11.6. The number of ether oxygens (including phenoxy) is 1. The van der Waals surface area contributed by atoms with Gasteiger partial charge in [-0.3, -0.25) is 9.59 Å².